The molecule has 1 atom stereocenters. The molecule has 1 N–H and O–H groups in total. The van der Waals surface area contributed by atoms with Crippen LogP contribution in [0.4, 0.5) is 0 Å². The quantitative estimate of drug-likeness (QED) is 0.692. The first-order valence-corrected chi connectivity index (χ1v) is 7.55. The van der Waals surface area contributed by atoms with E-state index in [0.29, 0.717) is 23.0 Å². The first-order chi connectivity index (χ1) is 11.7. The Hall–Kier alpha value is -3.02. The number of benzene rings is 2. The molecule has 0 bridgehead atoms. The predicted molar refractivity (Wildman–Crippen MR) is 89.7 cm³/mol. The Kier molecular flexibility index (Phi) is 4.65. The van der Waals surface area contributed by atoms with Crippen LogP contribution < -0.4 is 19.6 Å². The summed E-state index contributed by atoms with van der Waals surface area (Å²) in [6.07, 6.45) is -0.742. The number of methoxy groups -OCH3 is 1. The lowest BCUT2D eigenvalue weighted by Crippen LogP contribution is -2.42. The lowest BCUT2D eigenvalue weighted by molar-refractivity contribution is -0.130. The maximum atomic E-state index is 12.2. The standard InChI is InChI=1S/C18H18N2O4/c1-12(13-7-3-4-8-14(13)22-2)19-20-18(21)17-11-23-15-9-5-6-10-16(15)24-17/h3-10,17H,11H2,1-2H3,(H,20,21)/b19-12-/t17-/m1/s1. The molecule has 2 aromatic rings. The van der Waals surface area contributed by atoms with E-state index >= 15 is 0 Å². The van der Waals surface area contributed by atoms with Gasteiger partial charge in [-0.2, -0.15) is 5.10 Å². The first kappa shape index (κ1) is 15.9. The van der Waals surface area contributed by atoms with E-state index in [1.54, 1.807) is 26.2 Å². The fourth-order valence-electron chi connectivity index (χ4n) is 2.36. The summed E-state index contributed by atoms with van der Waals surface area (Å²) < 4.78 is 16.5. The van der Waals surface area contributed by atoms with Gasteiger partial charge in [0.05, 0.1) is 12.8 Å². The Morgan fingerprint density at radius 1 is 1.17 bits per heavy atom. The molecule has 6 heteroatoms. The highest BCUT2D eigenvalue weighted by atomic mass is 16.6. The molecule has 3 rings (SSSR count). The number of fused-ring (bicyclic) bond motifs is 1. The summed E-state index contributed by atoms with van der Waals surface area (Å²) in [7, 11) is 1.59. The van der Waals surface area contributed by atoms with E-state index < -0.39 is 6.10 Å². The molecule has 0 saturated carbocycles. The van der Waals surface area contributed by atoms with Crippen LogP contribution in [0.5, 0.6) is 17.2 Å². The molecule has 24 heavy (non-hydrogen) atoms. The van der Waals surface area contributed by atoms with Crippen molar-refractivity contribution in [2.45, 2.75) is 13.0 Å². The van der Waals surface area contributed by atoms with Gasteiger partial charge >= 0.3 is 0 Å². The van der Waals surface area contributed by atoms with Crippen LogP contribution in [0.2, 0.25) is 0 Å². The second-order valence-electron chi connectivity index (χ2n) is 5.24. The van der Waals surface area contributed by atoms with Gasteiger partial charge in [0.15, 0.2) is 11.5 Å². The number of rotatable bonds is 4. The van der Waals surface area contributed by atoms with Gasteiger partial charge in [-0.3, -0.25) is 4.79 Å². The van der Waals surface area contributed by atoms with Gasteiger partial charge in [-0.15, -0.1) is 0 Å². The normalized spacial score (nSPS) is 16.4. The SMILES string of the molecule is COc1ccccc1/C(C)=N\NC(=O)[C@H]1COc2ccccc2O1. The molecule has 0 radical (unpaired) electrons. The zero-order valence-electron chi connectivity index (χ0n) is 13.5. The molecule has 1 heterocycles. The van der Waals surface area contributed by atoms with Crippen LogP contribution in [0.25, 0.3) is 0 Å². The minimum absolute atomic E-state index is 0.145. The fraction of sp³-hybridized carbons (Fsp3) is 0.222. The van der Waals surface area contributed by atoms with Gasteiger partial charge in [0.2, 0.25) is 6.10 Å². The predicted octanol–water partition coefficient (Wildman–Crippen LogP) is 2.38. The van der Waals surface area contributed by atoms with Crippen molar-refractivity contribution in [3.63, 3.8) is 0 Å². The Morgan fingerprint density at radius 2 is 1.88 bits per heavy atom. The number of nitrogens with one attached hydrogen (secondary N) is 1. The highest BCUT2D eigenvalue weighted by Crippen LogP contribution is 2.30. The number of hydrogen-bond donors (Lipinski definition) is 1. The summed E-state index contributed by atoms with van der Waals surface area (Å²) in [6, 6.07) is 14.7. The van der Waals surface area contributed by atoms with Gasteiger partial charge in [0.25, 0.3) is 5.91 Å². The van der Waals surface area contributed by atoms with Crippen molar-refractivity contribution < 1.29 is 19.0 Å². The van der Waals surface area contributed by atoms with Crippen LogP contribution in [0.3, 0.4) is 0 Å². The van der Waals surface area contributed by atoms with Crippen LogP contribution in [0, 0.1) is 0 Å². The van der Waals surface area contributed by atoms with Crippen molar-refractivity contribution in [3.05, 3.63) is 54.1 Å². The second kappa shape index (κ2) is 7.04. The van der Waals surface area contributed by atoms with Gasteiger partial charge in [-0.25, -0.2) is 5.43 Å². The van der Waals surface area contributed by atoms with E-state index in [1.165, 1.54) is 0 Å². The molecular weight excluding hydrogens is 308 g/mol. The van der Waals surface area contributed by atoms with Gasteiger partial charge in [0.1, 0.15) is 12.4 Å². The van der Waals surface area contributed by atoms with Gasteiger partial charge in [-0.1, -0.05) is 24.3 Å². The number of amides is 1. The average molecular weight is 326 g/mol. The molecule has 1 aliphatic heterocycles. The highest BCUT2D eigenvalue weighted by Gasteiger charge is 2.27. The number of ether oxygens (including phenoxy) is 3. The number of hydrazone groups is 1. The third kappa shape index (κ3) is 3.32. The molecule has 2 aromatic carbocycles. The lowest BCUT2D eigenvalue weighted by atomic mass is 10.1. The number of carbonyl (C=O) groups is 1. The Morgan fingerprint density at radius 3 is 2.67 bits per heavy atom. The minimum Gasteiger partial charge on any atom is -0.496 e. The van der Waals surface area contributed by atoms with Crippen molar-refractivity contribution in [1.29, 1.82) is 0 Å². The summed E-state index contributed by atoms with van der Waals surface area (Å²) in [4.78, 5) is 12.2. The maximum absolute atomic E-state index is 12.2. The van der Waals surface area contributed by atoms with Crippen LogP contribution >= 0.6 is 0 Å². The van der Waals surface area contributed by atoms with Gasteiger partial charge in [-0.05, 0) is 31.2 Å². The summed E-state index contributed by atoms with van der Waals surface area (Å²) in [5.74, 6) is 1.52. The second-order valence-corrected chi connectivity index (χ2v) is 5.24. The number of hydrogen-bond acceptors (Lipinski definition) is 5. The zero-order valence-corrected chi connectivity index (χ0v) is 13.5. The van der Waals surface area contributed by atoms with E-state index in [2.05, 4.69) is 10.5 Å². The first-order valence-electron chi connectivity index (χ1n) is 7.55. The van der Waals surface area contributed by atoms with Crippen LogP contribution in [0.1, 0.15) is 12.5 Å². The lowest BCUT2D eigenvalue weighted by Gasteiger charge is -2.24. The van der Waals surface area contributed by atoms with E-state index in [0.717, 1.165) is 5.56 Å². The van der Waals surface area contributed by atoms with E-state index in [4.69, 9.17) is 14.2 Å². The minimum atomic E-state index is -0.742. The molecule has 0 fully saturated rings. The molecule has 0 unspecified atom stereocenters. The van der Waals surface area contributed by atoms with Crippen molar-refractivity contribution >= 4 is 11.6 Å². The maximum Gasteiger partial charge on any atom is 0.284 e. The van der Waals surface area contributed by atoms with Crippen LogP contribution in [-0.4, -0.2) is 31.4 Å². The van der Waals surface area contributed by atoms with Crippen molar-refractivity contribution in [1.82, 2.24) is 5.43 Å². The molecule has 1 amide bonds. The van der Waals surface area contributed by atoms with Gasteiger partial charge in [0, 0.05) is 5.56 Å². The average Bonchev–Trinajstić information content (AvgIpc) is 2.65. The Labute approximate surface area is 140 Å². The van der Waals surface area contributed by atoms with Crippen molar-refractivity contribution in [3.8, 4) is 17.2 Å². The molecule has 0 aromatic heterocycles. The molecule has 6 nitrogen and oxygen atoms in total. The Bertz CT molecular complexity index is 773. The van der Waals surface area contributed by atoms with Gasteiger partial charge < -0.3 is 14.2 Å². The summed E-state index contributed by atoms with van der Waals surface area (Å²) >= 11 is 0. The van der Waals surface area contributed by atoms with E-state index in [9.17, 15) is 4.79 Å². The van der Waals surface area contributed by atoms with Crippen LogP contribution in [-0.2, 0) is 4.79 Å². The fourth-order valence-corrected chi connectivity index (χ4v) is 2.36. The zero-order chi connectivity index (χ0) is 16.9. The molecule has 1 aliphatic rings. The van der Waals surface area contributed by atoms with E-state index in [1.807, 2.05) is 36.4 Å². The monoisotopic (exact) mass is 326 g/mol. The number of para-hydroxylation sites is 3. The summed E-state index contributed by atoms with van der Waals surface area (Å²) in [6.45, 7) is 1.94. The van der Waals surface area contributed by atoms with Crippen molar-refractivity contribution in [2.75, 3.05) is 13.7 Å². The highest BCUT2D eigenvalue weighted by molar-refractivity contribution is 6.01. The Balaban J connectivity index is 1.67. The number of nitrogens with zero attached hydrogens (tertiary/aromatic N) is 1. The smallest absolute Gasteiger partial charge is 0.284 e. The molecule has 0 saturated heterocycles. The molecular formula is C18H18N2O4. The third-order valence-electron chi connectivity index (χ3n) is 3.63. The molecule has 0 spiro atoms. The van der Waals surface area contributed by atoms with E-state index in [-0.39, 0.29) is 12.5 Å². The summed E-state index contributed by atoms with van der Waals surface area (Å²) in [5, 5.41) is 4.14. The number of carbonyl (C=O) groups excluding carboxylic acids is 1. The molecule has 0 aliphatic carbocycles. The topological polar surface area (TPSA) is 69.2 Å². The summed E-state index contributed by atoms with van der Waals surface area (Å²) in [5.41, 5.74) is 3.97. The largest absolute Gasteiger partial charge is 0.496 e. The molecule has 124 valence electrons. The third-order valence-corrected chi connectivity index (χ3v) is 3.63. The van der Waals surface area contributed by atoms with Crippen molar-refractivity contribution in [2.24, 2.45) is 5.10 Å². The van der Waals surface area contributed by atoms with Crippen LogP contribution in [0.15, 0.2) is 53.6 Å².